The zero-order valence-electron chi connectivity index (χ0n) is 8.37. The average molecular weight is 201 g/mol. The first-order chi connectivity index (χ1) is 5.18. The summed E-state index contributed by atoms with van der Waals surface area (Å²) in [4.78, 5) is 6.29. The van der Waals surface area contributed by atoms with Gasteiger partial charge in [0.15, 0.2) is 0 Å². The van der Waals surface area contributed by atoms with E-state index in [0.717, 1.165) is 6.07 Å². The van der Waals surface area contributed by atoms with E-state index in [2.05, 4.69) is 9.97 Å². The number of aromatic nitrogens is 2. The summed E-state index contributed by atoms with van der Waals surface area (Å²) in [6.07, 6.45) is 0. The van der Waals surface area contributed by atoms with Crippen LogP contribution in [0.3, 0.4) is 0 Å². The summed E-state index contributed by atoms with van der Waals surface area (Å²) in [6, 6.07) is 0.774. The molecule has 13 heavy (non-hydrogen) atoms. The molecule has 0 spiro atoms. The second-order valence-corrected chi connectivity index (χ2v) is 1.40. The Kier molecular flexibility index (Phi) is 15.5. The Morgan fingerprint density at radius 3 is 1.62 bits per heavy atom. The summed E-state index contributed by atoms with van der Waals surface area (Å²) in [5.41, 5.74) is 4.94. The standard InChI is InChI=1S/C4H5N3O2.C2H6.2Na/c5-4-6-2(8)1-3(9)7-4;1-2;;/h1H,(H4,5,6,7,8,9);1-2H3;;/q;;2*+1/p-2. The Balaban J connectivity index is -0.000000234. The van der Waals surface area contributed by atoms with Crippen LogP contribution in [0.1, 0.15) is 13.8 Å². The number of hydrogen-bond donors (Lipinski definition) is 1. The minimum absolute atomic E-state index is 0. The zero-order chi connectivity index (χ0) is 8.85. The Hall–Kier alpha value is 0.480. The molecule has 0 bridgehead atoms. The number of nitrogens with two attached hydrogens (primary N) is 1. The van der Waals surface area contributed by atoms with Gasteiger partial charge in [-0.05, 0) is 17.8 Å². The number of hydrogen-bond acceptors (Lipinski definition) is 5. The van der Waals surface area contributed by atoms with Crippen LogP contribution in [0.5, 0.6) is 11.8 Å². The van der Waals surface area contributed by atoms with E-state index in [1.807, 2.05) is 13.8 Å². The molecule has 2 N–H and O–H groups in total. The molecule has 0 aliphatic carbocycles. The van der Waals surface area contributed by atoms with Crippen LogP contribution in [0.4, 0.5) is 5.95 Å². The van der Waals surface area contributed by atoms with Crippen molar-refractivity contribution < 1.29 is 69.3 Å². The molecular weight excluding hydrogens is 192 g/mol. The van der Waals surface area contributed by atoms with Crippen molar-refractivity contribution in [3.8, 4) is 11.8 Å². The Bertz CT molecular complexity index is 185. The monoisotopic (exact) mass is 201 g/mol. The van der Waals surface area contributed by atoms with Crippen molar-refractivity contribution in [1.29, 1.82) is 0 Å². The van der Waals surface area contributed by atoms with Crippen LogP contribution in [0, 0.1) is 0 Å². The van der Waals surface area contributed by atoms with Crippen molar-refractivity contribution in [3.63, 3.8) is 0 Å². The van der Waals surface area contributed by atoms with Crippen molar-refractivity contribution >= 4 is 5.95 Å². The quantitative estimate of drug-likeness (QED) is 0.421. The van der Waals surface area contributed by atoms with E-state index in [4.69, 9.17) is 5.73 Å². The van der Waals surface area contributed by atoms with E-state index in [0.29, 0.717) is 0 Å². The second kappa shape index (κ2) is 10.6. The Labute approximate surface area is 121 Å². The molecule has 0 atom stereocenters. The van der Waals surface area contributed by atoms with Crippen molar-refractivity contribution in [1.82, 2.24) is 9.97 Å². The molecule has 5 nitrogen and oxygen atoms in total. The van der Waals surface area contributed by atoms with Crippen LogP contribution in [-0.2, 0) is 0 Å². The topological polar surface area (TPSA) is 97.9 Å². The van der Waals surface area contributed by atoms with E-state index < -0.39 is 11.8 Å². The predicted octanol–water partition coefficient (Wildman–Crippen LogP) is -6.76. The van der Waals surface area contributed by atoms with Gasteiger partial charge >= 0.3 is 59.1 Å². The van der Waals surface area contributed by atoms with Crippen LogP contribution in [0.25, 0.3) is 0 Å². The van der Waals surface area contributed by atoms with Gasteiger partial charge < -0.3 is 15.9 Å². The summed E-state index contributed by atoms with van der Waals surface area (Å²) >= 11 is 0. The fraction of sp³-hybridized carbons (Fsp3) is 0.333. The molecule has 0 saturated carbocycles. The minimum Gasteiger partial charge on any atom is -0.858 e. The Morgan fingerprint density at radius 1 is 1.08 bits per heavy atom. The third-order valence-electron chi connectivity index (χ3n) is 0.696. The molecule has 0 radical (unpaired) electrons. The number of anilines is 1. The van der Waals surface area contributed by atoms with E-state index in [1.165, 1.54) is 0 Å². The van der Waals surface area contributed by atoms with E-state index in [-0.39, 0.29) is 65.1 Å². The van der Waals surface area contributed by atoms with Gasteiger partial charge in [0, 0.05) is 0 Å². The summed E-state index contributed by atoms with van der Waals surface area (Å²) in [5.74, 6) is -1.56. The van der Waals surface area contributed by atoms with Gasteiger partial charge in [0.2, 0.25) is 5.95 Å². The molecule has 0 fully saturated rings. The van der Waals surface area contributed by atoms with Crippen LogP contribution in [0.2, 0.25) is 0 Å². The molecule has 7 heteroatoms. The predicted molar refractivity (Wildman–Crippen MR) is 36.7 cm³/mol. The first-order valence-corrected chi connectivity index (χ1v) is 3.17. The van der Waals surface area contributed by atoms with Crippen LogP contribution >= 0.6 is 0 Å². The van der Waals surface area contributed by atoms with Crippen molar-refractivity contribution in [2.45, 2.75) is 13.8 Å². The fourth-order valence-electron chi connectivity index (χ4n) is 0.421. The molecule has 1 aromatic rings. The zero-order valence-corrected chi connectivity index (χ0v) is 12.4. The van der Waals surface area contributed by atoms with Gasteiger partial charge in [-0.25, -0.2) is 9.97 Å². The van der Waals surface area contributed by atoms with Gasteiger partial charge in [-0.15, -0.1) is 0 Å². The Morgan fingerprint density at radius 2 is 1.38 bits per heavy atom. The van der Waals surface area contributed by atoms with Crippen LogP contribution < -0.4 is 75.1 Å². The first kappa shape index (κ1) is 19.1. The SMILES string of the molecule is CC.Nc1nc([O-])cc([O-])n1.[Na+].[Na+]. The van der Waals surface area contributed by atoms with Crippen molar-refractivity contribution in [3.05, 3.63) is 6.07 Å². The maximum Gasteiger partial charge on any atom is 1.00 e. The normalized spacial score (nSPS) is 6.92. The molecule has 0 aromatic carbocycles. The van der Waals surface area contributed by atoms with Gasteiger partial charge in [-0.3, -0.25) is 0 Å². The largest absolute Gasteiger partial charge is 1.00 e. The molecule has 0 aliphatic heterocycles. The van der Waals surface area contributed by atoms with Crippen molar-refractivity contribution in [2.75, 3.05) is 5.73 Å². The number of rotatable bonds is 0. The van der Waals surface area contributed by atoms with Gasteiger partial charge in [-0.2, -0.15) is 0 Å². The van der Waals surface area contributed by atoms with Crippen LogP contribution in [-0.4, -0.2) is 9.97 Å². The average Bonchev–Trinajstić information content (AvgIpc) is 1.88. The van der Waals surface area contributed by atoms with Gasteiger partial charge in [-0.1, -0.05) is 13.8 Å². The van der Waals surface area contributed by atoms with Gasteiger partial charge in [0.1, 0.15) is 0 Å². The number of nitrogens with zero attached hydrogens (tertiary/aromatic N) is 2. The van der Waals surface area contributed by atoms with E-state index in [9.17, 15) is 10.2 Å². The molecule has 1 rings (SSSR count). The van der Waals surface area contributed by atoms with E-state index in [1.54, 1.807) is 0 Å². The number of nitrogen functional groups attached to an aromatic ring is 1. The second-order valence-electron chi connectivity index (χ2n) is 1.40. The minimum atomic E-state index is -0.646. The summed E-state index contributed by atoms with van der Waals surface area (Å²) in [5, 5.41) is 20.6. The molecule has 0 saturated heterocycles. The molecule has 0 aliphatic rings. The molecule has 0 unspecified atom stereocenters. The van der Waals surface area contributed by atoms with Gasteiger partial charge in [0.05, 0.1) is 0 Å². The maximum atomic E-state index is 10.3. The van der Waals surface area contributed by atoms with Crippen LogP contribution in [0.15, 0.2) is 6.07 Å². The molecule has 1 aromatic heterocycles. The smallest absolute Gasteiger partial charge is 0.858 e. The van der Waals surface area contributed by atoms with Gasteiger partial charge in [0.25, 0.3) is 0 Å². The third-order valence-corrected chi connectivity index (χ3v) is 0.696. The van der Waals surface area contributed by atoms with E-state index >= 15 is 0 Å². The summed E-state index contributed by atoms with van der Waals surface area (Å²) in [6.45, 7) is 4.00. The first-order valence-electron chi connectivity index (χ1n) is 3.17. The maximum absolute atomic E-state index is 10.3. The molecule has 62 valence electrons. The summed E-state index contributed by atoms with van der Waals surface area (Å²) < 4.78 is 0. The molecule has 0 amide bonds. The molecule has 1 heterocycles. The third kappa shape index (κ3) is 8.80. The van der Waals surface area contributed by atoms with Crippen molar-refractivity contribution in [2.24, 2.45) is 0 Å². The summed E-state index contributed by atoms with van der Waals surface area (Å²) in [7, 11) is 0. The fourth-order valence-corrected chi connectivity index (χ4v) is 0.421. The molecular formula is C6H9N3Na2O2.